The van der Waals surface area contributed by atoms with Crippen LogP contribution in [0.15, 0.2) is 30.3 Å². The Morgan fingerprint density at radius 3 is 2.30 bits per heavy atom. The topological polar surface area (TPSA) is 38.0 Å². The Kier molecular flexibility index (Phi) is 6.06. The van der Waals surface area contributed by atoms with Gasteiger partial charge in [0.25, 0.3) is 0 Å². The summed E-state index contributed by atoms with van der Waals surface area (Å²) < 4.78 is 0. The molecular formula is C18H30N2. The minimum Gasteiger partial charge on any atom is -0.271 e. The number of nitrogens with one attached hydrogen (secondary N) is 1. The zero-order valence-corrected chi connectivity index (χ0v) is 12.9. The minimum absolute atomic E-state index is 0.319. The van der Waals surface area contributed by atoms with Crippen molar-refractivity contribution in [3.63, 3.8) is 0 Å². The van der Waals surface area contributed by atoms with Gasteiger partial charge in [0.15, 0.2) is 0 Å². The second-order valence-electron chi connectivity index (χ2n) is 6.30. The first-order chi connectivity index (χ1) is 9.83. The first kappa shape index (κ1) is 15.5. The van der Waals surface area contributed by atoms with Crippen molar-refractivity contribution in [3.8, 4) is 0 Å². The highest BCUT2D eigenvalue weighted by atomic mass is 15.2. The molecule has 0 bridgehead atoms. The molecule has 1 fully saturated rings. The van der Waals surface area contributed by atoms with Gasteiger partial charge in [-0.05, 0) is 24.8 Å². The lowest BCUT2D eigenvalue weighted by Gasteiger charge is -2.27. The third-order valence-electron chi connectivity index (χ3n) is 4.85. The predicted octanol–water partition coefficient (Wildman–Crippen LogP) is 4.30. The molecule has 0 heterocycles. The molecular weight excluding hydrogens is 244 g/mol. The molecule has 2 heteroatoms. The van der Waals surface area contributed by atoms with Crippen LogP contribution in [0.1, 0.15) is 70.3 Å². The van der Waals surface area contributed by atoms with Gasteiger partial charge in [0.2, 0.25) is 0 Å². The maximum Gasteiger partial charge on any atom is 0.0307 e. The van der Waals surface area contributed by atoms with E-state index in [1.165, 1.54) is 63.4 Å². The Morgan fingerprint density at radius 1 is 1.05 bits per heavy atom. The molecule has 1 unspecified atom stereocenters. The van der Waals surface area contributed by atoms with Crippen LogP contribution in [-0.4, -0.2) is 6.04 Å². The van der Waals surface area contributed by atoms with Gasteiger partial charge in [-0.15, -0.1) is 0 Å². The van der Waals surface area contributed by atoms with Crippen molar-refractivity contribution in [3.05, 3.63) is 35.9 Å². The molecule has 1 atom stereocenters. The summed E-state index contributed by atoms with van der Waals surface area (Å²) in [5.41, 5.74) is 4.89. The minimum atomic E-state index is 0.319. The molecule has 1 aliphatic carbocycles. The van der Waals surface area contributed by atoms with E-state index in [0.717, 1.165) is 0 Å². The molecule has 2 rings (SSSR count). The summed E-state index contributed by atoms with van der Waals surface area (Å²) in [7, 11) is 0. The van der Waals surface area contributed by atoms with Crippen LogP contribution in [0.2, 0.25) is 0 Å². The average Bonchev–Trinajstić information content (AvgIpc) is 3.29. The van der Waals surface area contributed by atoms with Crippen molar-refractivity contribution in [1.29, 1.82) is 0 Å². The third kappa shape index (κ3) is 3.83. The number of hydrogen-bond acceptors (Lipinski definition) is 2. The second-order valence-corrected chi connectivity index (χ2v) is 6.30. The molecule has 0 aromatic heterocycles. The third-order valence-corrected chi connectivity index (χ3v) is 4.85. The maximum atomic E-state index is 5.85. The normalized spacial score (nSPS) is 17.9. The fourth-order valence-electron chi connectivity index (χ4n) is 3.39. The van der Waals surface area contributed by atoms with E-state index in [0.29, 0.717) is 11.5 Å². The Labute approximate surface area is 124 Å². The highest BCUT2D eigenvalue weighted by Crippen LogP contribution is 2.51. The Bertz CT molecular complexity index is 370. The fraction of sp³-hybridized carbons (Fsp3) is 0.667. The van der Waals surface area contributed by atoms with E-state index in [9.17, 15) is 0 Å². The van der Waals surface area contributed by atoms with Gasteiger partial charge in [0.05, 0.1) is 0 Å². The van der Waals surface area contributed by atoms with Crippen LogP contribution in [-0.2, 0) is 5.41 Å². The van der Waals surface area contributed by atoms with Crippen molar-refractivity contribution in [2.24, 2.45) is 5.84 Å². The smallest absolute Gasteiger partial charge is 0.0307 e. The lowest BCUT2D eigenvalue weighted by atomic mass is 9.85. The van der Waals surface area contributed by atoms with Crippen LogP contribution in [0.25, 0.3) is 0 Å². The van der Waals surface area contributed by atoms with E-state index in [1.807, 2.05) is 0 Å². The van der Waals surface area contributed by atoms with Gasteiger partial charge < -0.3 is 0 Å². The summed E-state index contributed by atoms with van der Waals surface area (Å²) in [4.78, 5) is 0. The number of unbranched alkanes of at least 4 members (excludes halogenated alkanes) is 5. The van der Waals surface area contributed by atoms with Crippen molar-refractivity contribution in [2.75, 3.05) is 0 Å². The van der Waals surface area contributed by atoms with E-state index in [1.54, 1.807) is 0 Å². The van der Waals surface area contributed by atoms with Crippen LogP contribution in [0, 0.1) is 0 Å². The molecule has 20 heavy (non-hydrogen) atoms. The number of hydrogen-bond donors (Lipinski definition) is 2. The SMILES string of the molecule is CCCCCCCCC(NN)C1(c2ccccc2)CC1. The zero-order valence-electron chi connectivity index (χ0n) is 12.9. The molecule has 0 saturated heterocycles. The molecule has 1 aromatic rings. The van der Waals surface area contributed by atoms with Crippen molar-refractivity contribution in [2.45, 2.75) is 76.2 Å². The first-order valence-corrected chi connectivity index (χ1v) is 8.35. The largest absolute Gasteiger partial charge is 0.271 e. The first-order valence-electron chi connectivity index (χ1n) is 8.35. The van der Waals surface area contributed by atoms with Gasteiger partial charge in [-0.3, -0.25) is 11.3 Å². The van der Waals surface area contributed by atoms with Crippen LogP contribution in [0.5, 0.6) is 0 Å². The number of hydrazine groups is 1. The van der Waals surface area contributed by atoms with E-state index in [4.69, 9.17) is 5.84 Å². The Morgan fingerprint density at radius 2 is 1.70 bits per heavy atom. The molecule has 1 saturated carbocycles. The molecule has 2 nitrogen and oxygen atoms in total. The number of rotatable bonds is 10. The molecule has 1 aliphatic rings. The summed E-state index contributed by atoms with van der Waals surface area (Å²) in [5.74, 6) is 5.85. The van der Waals surface area contributed by atoms with Crippen molar-refractivity contribution < 1.29 is 0 Å². The van der Waals surface area contributed by atoms with E-state index >= 15 is 0 Å². The summed E-state index contributed by atoms with van der Waals surface area (Å²) in [6, 6.07) is 11.4. The molecule has 0 spiro atoms. The van der Waals surface area contributed by atoms with Gasteiger partial charge in [0.1, 0.15) is 0 Å². The lowest BCUT2D eigenvalue weighted by molar-refractivity contribution is 0.382. The van der Waals surface area contributed by atoms with E-state index in [2.05, 4.69) is 42.7 Å². The van der Waals surface area contributed by atoms with Crippen LogP contribution >= 0.6 is 0 Å². The maximum absolute atomic E-state index is 5.85. The summed E-state index contributed by atoms with van der Waals surface area (Å²) in [5, 5.41) is 0. The molecule has 0 amide bonds. The van der Waals surface area contributed by atoms with Gasteiger partial charge in [-0.2, -0.15) is 0 Å². The molecule has 0 aliphatic heterocycles. The number of benzene rings is 1. The highest BCUT2D eigenvalue weighted by Gasteiger charge is 2.49. The van der Waals surface area contributed by atoms with Crippen molar-refractivity contribution in [1.82, 2.24) is 5.43 Å². The van der Waals surface area contributed by atoms with Gasteiger partial charge in [0, 0.05) is 11.5 Å². The Balaban J connectivity index is 1.80. The Hall–Kier alpha value is -0.860. The summed E-state index contributed by atoms with van der Waals surface area (Å²) in [6.07, 6.45) is 11.9. The second kappa shape index (κ2) is 7.80. The highest BCUT2D eigenvalue weighted by molar-refractivity contribution is 5.33. The van der Waals surface area contributed by atoms with Gasteiger partial charge >= 0.3 is 0 Å². The van der Waals surface area contributed by atoms with E-state index in [-0.39, 0.29) is 0 Å². The number of nitrogens with two attached hydrogens (primary N) is 1. The lowest BCUT2D eigenvalue weighted by Crippen LogP contribution is -2.44. The van der Waals surface area contributed by atoms with E-state index < -0.39 is 0 Å². The van der Waals surface area contributed by atoms with Crippen LogP contribution in [0.3, 0.4) is 0 Å². The van der Waals surface area contributed by atoms with Crippen LogP contribution < -0.4 is 11.3 Å². The van der Waals surface area contributed by atoms with Gasteiger partial charge in [-0.25, -0.2) is 0 Å². The molecule has 1 aromatic carbocycles. The molecule has 0 radical (unpaired) electrons. The summed E-state index contributed by atoms with van der Waals surface area (Å²) in [6.45, 7) is 2.27. The average molecular weight is 274 g/mol. The monoisotopic (exact) mass is 274 g/mol. The van der Waals surface area contributed by atoms with Gasteiger partial charge in [-0.1, -0.05) is 75.8 Å². The zero-order chi connectivity index (χ0) is 14.3. The molecule has 112 valence electrons. The fourth-order valence-corrected chi connectivity index (χ4v) is 3.39. The molecule has 3 N–H and O–H groups in total. The van der Waals surface area contributed by atoms with Crippen molar-refractivity contribution >= 4 is 0 Å². The quantitative estimate of drug-likeness (QED) is 0.379. The standard InChI is InChI=1S/C18H30N2/c1-2-3-4-5-6-10-13-17(20-19)18(14-15-18)16-11-8-7-9-12-16/h7-9,11-12,17,20H,2-6,10,13-15,19H2,1H3. The van der Waals surface area contributed by atoms with Crippen LogP contribution in [0.4, 0.5) is 0 Å². The predicted molar refractivity (Wildman–Crippen MR) is 86.5 cm³/mol. The summed E-state index contributed by atoms with van der Waals surface area (Å²) >= 11 is 0.